The Balaban J connectivity index is 1.64. The largest absolute Gasteiger partial charge is 0.467 e. The van der Waals surface area contributed by atoms with E-state index < -0.39 is 6.10 Å². The number of aliphatic hydroxyl groups excluding tert-OH is 1. The van der Waals surface area contributed by atoms with Gasteiger partial charge < -0.3 is 14.8 Å². The molecule has 2 rings (SSSR count). The number of carbonyl (C=O) groups excluding carboxylic acids is 1. The van der Waals surface area contributed by atoms with Crippen LogP contribution in [-0.4, -0.2) is 22.5 Å². The minimum atomic E-state index is -0.543. The topological polar surface area (TPSA) is 62.5 Å². The van der Waals surface area contributed by atoms with E-state index in [9.17, 15) is 9.90 Å². The standard InChI is InChI=1S/C15H17NO3S/c17-14(12-5-2-1-3-6-12)10-20-11-15(18)16-9-13-7-4-8-19-13/h1-8,14,17H,9-11H2,(H,16,18)/t14-/m0/s1. The van der Waals surface area contributed by atoms with Gasteiger partial charge in [-0.2, -0.15) is 0 Å². The van der Waals surface area contributed by atoms with Gasteiger partial charge in [-0.15, -0.1) is 11.8 Å². The van der Waals surface area contributed by atoms with E-state index in [1.807, 2.05) is 36.4 Å². The van der Waals surface area contributed by atoms with E-state index in [1.54, 1.807) is 12.3 Å². The van der Waals surface area contributed by atoms with E-state index in [-0.39, 0.29) is 5.91 Å². The van der Waals surface area contributed by atoms with Crippen LogP contribution < -0.4 is 5.32 Å². The predicted molar refractivity (Wildman–Crippen MR) is 79.3 cm³/mol. The van der Waals surface area contributed by atoms with Gasteiger partial charge in [-0.25, -0.2) is 0 Å². The number of hydrogen-bond acceptors (Lipinski definition) is 4. The molecular weight excluding hydrogens is 274 g/mol. The number of hydrogen-bond donors (Lipinski definition) is 2. The monoisotopic (exact) mass is 291 g/mol. The SMILES string of the molecule is O=C(CSC[C@H](O)c1ccccc1)NCc1ccco1. The number of furan rings is 1. The zero-order valence-corrected chi connectivity index (χ0v) is 11.8. The van der Waals surface area contributed by atoms with Gasteiger partial charge in [0.2, 0.25) is 5.91 Å². The van der Waals surface area contributed by atoms with Crippen LogP contribution in [0.2, 0.25) is 0 Å². The summed E-state index contributed by atoms with van der Waals surface area (Å²) in [5, 5.41) is 12.7. The van der Waals surface area contributed by atoms with Gasteiger partial charge in [0.25, 0.3) is 0 Å². The van der Waals surface area contributed by atoms with Crippen LogP contribution in [0.15, 0.2) is 53.1 Å². The van der Waals surface area contributed by atoms with Gasteiger partial charge in [0.05, 0.1) is 24.7 Å². The third-order valence-electron chi connectivity index (χ3n) is 2.73. The zero-order chi connectivity index (χ0) is 14.2. The maximum absolute atomic E-state index is 11.6. The molecule has 1 aromatic heterocycles. The maximum atomic E-state index is 11.6. The molecule has 1 atom stereocenters. The average molecular weight is 291 g/mol. The van der Waals surface area contributed by atoms with E-state index >= 15 is 0 Å². The molecule has 5 heteroatoms. The van der Waals surface area contributed by atoms with Crippen LogP contribution in [0.1, 0.15) is 17.4 Å². The average Bonchev–Trinajstić information content (AvgIpc) is 2.99. The fraction of sp³-hybridized carbons (Fsp3) is 0.267. The van der Waals surface area contributed by atoms with Crippen molar-refractivity contribution >= 4 is 17.7 Å². The van der Waals surface area contributed by atoms with Crippen molar-refractivity contribution in [3.63, 3.8) is 0 Å². The van der Waals surface area contributed by atoms with Crippen LogP contribution >= 0.6 is 11.8 Å². The Kier molecular flexibility index (Phi) is 5.70. The Bertz CT molecular complexity index is 513. The molecule has 1 heterocycles. The molecule has 0 spiro atoms. The molecule has 0 radical (unpaired) electrons. The Morgan fingerprint density at radius 1 is 1.25 bits per heavy atom. The minimum Gasteiger partial charge on any atom is -0.467 e. The highest BCUT2D eigenvalue weighted by Crippen LogP contribution is 2.17. The highest BCUT2D eigenvalue weighted by atomic mass is 32.2. The fourth-order valence-electron chi connectivity index (χ4n) is 1.68. The first-order valence-electron chi connectivity index (χ1n) is 6.35. The Labute approximate surface area is 122 Å². The smallest absolute Gasteiger partial charge is 0.230 e. The maximum Gasteiger partial charge on any atom is 0.230 e. The van der Waals surface area contributed by atoms with Crippen LogP contribution in [0, 0.1) is 0 Å². The molecule has 1 aromatic carbocycles. The second kappa shape index (κ2) is 7.77. The van der Waals surface area contributed by atoms with Crippen molar-refractivity contribution in [1.82, 2.24) is 5.32 Å². The molecule has 0 saturated carbocycles. The van der Waals surface area contributed by atoms with Crippen LogP contribution in [0.5, 0.6) is 0 Å². The minimum absolute atomic E-state index is 0.0633. The van der Waals surface area contributed by atoms with Crippen molar-refractivity contribution in [1.29, 1.82) is 0 Å². The molecule has 2 aromatic rings. The van der Waals surface area contributed by atoms with Gasteiger partial charge in [-0.3, -0.25) is 4.79 Å². The summed E-state index contributed by atoms with van der Waals surface area (Å²) in [5.41, 5.74) is 0.871. The molecule has 1 amide bonds. The van der Waals surface area contributed by atoms with E-state index in [1.165, 1.54) is 11.8 Å². The summed E-state index contributed by atoms with van der Waals surface area (Å²) in [7, 11) is 0. The van der Waals surface area contributed by atoms with E-state index in [0.717, 1.165) is 11.3 Å². The molecule has 0 aliphatic carbocycles. The number of rotatable bonds is 7. The zero-order valence-electron chi connectivity index (χ0n) is 11.0. The van der Waals surface area contributed by atoms with Crippen LogP contribution in [0.25, 0.3) is 0 Å². The number of amides is 1. The van der Waals surface area contributed by atoms with Gasteiger partial charge in [0, 0.05) is 5.75 Å². The van der Waals surface area contributed by atoms with Crippen molar-refractivity contribution in [2.45, 2.75) is 12.6 Å². The molecule has 106 valence electrons. The lowest BCUT2D eigenvalue weighted by molar-refractivity contribution is -0.118. The summed E-state index contributed by atoms with van der Waals surface area (Å²) in [6.07, 6.45) is 1.03. The number of benzene rings is 1. The number of aliphatic hydroxyl groups is 1. The summed E-state index contributed by atoms with van der Waals surface area (Å²) in [5.74, 6) is 1.49. The third kappa shape index (κ3) is 4.75. The normalized spacial score (nSPS) is 12.1. The second-order valence-electron chi connectivity index (χ2n) is 4.30. The lowest BCUT2D eigenvalue weighted by atomic mass is 10.1. The fourth-order valence-corrected chi connectivity index (χ4v) is 2.51. The Morgan fingerprint density at radius 3 is 2.75 bits per heavy atom. The number of carbonyl (C=O) groups is 1. The Hall–Kier alpha value is -1.72. The van der Waals surface area contributed by atoms with Crippen molar-refractivity contribution in [3.8, 4) is 0 Å². The number of thioether (sulfide) groups is 1. The van der Waals surface area contributed by atoms with E-state index in [2.05, 4.69) is 5.32 Å². The molecule has 2 N–H and O–H groups in total. The first-order valence-corrected chi connectivity index (χ1v) is 7.51. The predicted octanol–water partition coefficient (Wildman–Crippen LogP) is 2.36. The molecule has 0 saturated heterocycles. The highest BCUT2D eigenvalue weighted by molar-refractivity contribution is 7.99. The van der Waals surface area contributed by atoms with Gasteiger partial charge in [0.15, 0.2) is 0 Å². The van der Waals surface area contributed by atoms with Crippen LogP contribution in [0.3, 0.4) is 0 Å². The Morgan fingerprint density at radius 2 is 2.05 bits per heavy atom. The molecule has 0 unspecified atom stereocenters. The van der Waals surface area contributed by atoms with Crippen molar-refractivity contribution < 1.29 is 14.3 Å². The first-order chi connectivity index (χ1) is 9.75. The van der Waals surface area contributed by atoms with Gasteiger partial charge in [-0.05, 0) is 17.7 Å². The molecule has 0 bridgehead atoms. The highest BCUT2D eigenvalue weighted by Gasteiger charge is 2.09. The lowest BCUT2D eigenvalue weighted by Crippen LogP contribution is -2.24. The molecule has 20 heavy (non-hydrogen) atoms. The van der Waals surface area contributed by atoms with Crippen molar-refractivity contribution in [2.75, 3.05) is 11.5 Å². The summed E-state index contributed by atoms with van der Waals surface area (Å²) in [6, 6.07) is 13.0. The molecule has 0 aliphatic rings. The summed E-state index contributed by atoms with van der Waals surface area (Å²) < 4.78 is 5.12. The first kappa shape index (κ1) is 14.7. The van der Waals surface area contributed by atoms with Crippen LogP contribution in [0.4, 0.5) is 0 Å². The molecular formula is C15H17NO3S. The lowest BCUT2D eigenvalue weighted by Gasteiger charge is -2.10. The van der Waals surface area contributed by atoms with Gasteiger partial charge >= 0.3 is 0 Å². The second-order valence-corrected chi connectivity index (χ2v) is 5.33. The molecule has 0 fully saturated rings. The summed E-state index contributed by atoms with van der Waals surface area (Å²) in [6.45, 7) is 0.396. The van der Waals surface area contributed by atoms with E-state index in [4.69, 9.17) is 4.42 Å². The van der Waals surface area contributed by atoms with E-state index in [0.29, 0.717) is 18.1 Å². The van der Waals surface area contributed by atoms with Crippen molar-refractivity contribution in [2.24, 2.45) is 0 Å². The van der Waals surface area contributed by atoms with Gasteiger partial charge in [0.1, 0.15) is 5.76 Å². The summed E-state index contributed by atoms with van der Waals surface area (Å²) in [4.78, 5) is 11.6. The van der Waals surface area contributed by atoms with Gasteiger partial charge in [-0.1, -0.05) is 30.3 Å². The molecule has 4 nitrogen and oxygen atoms in total. The number of nitrogens with one attached hydrogen (secondary N) is 1. The molecule has 0 aliphatic heterocycles. The van der Waals surface area contributed by atoms with Crippen LogP contribution in [-0.2, 0) is 11.3 Å². The summed E-state index contributed by atoms with van der Waals surface area (Å²) >= 11 is 1.41. The third-order valence-corrected chi connectivity index (χ3v) is 3.75. The van der Waals surface area contributed by atoms with Crippen molar-refractivity contribution in [3.05, 3.63) is 60.1 Å². The quantitative estimate of drug-likeness (QED) is 0.822.